The Balaban J connectivity index is 2.34. The van der Waals surface area contributed by atoms with Crippen LogP contribution in [0.2, 0.25) is 0 Å². The van der Waals surface area contributed by atoms with Gasteiger partial charge in [0.1, 0.15) is 0 Å². The third-order valence-corrected chi connectivity index (χ3v) is 3.48. The normalized spacial score (nSPS) is 13.5. The number of fused-ring (bicyclic) bond motifs is 2. The number of hydrogen-bond donors (Lipinski definition) is 1. The average Bonchev–Trinajstić information content (AvgIpc) is 2.84. The first-order valence-corrected chi connectivity index (χ1v) is 6.13. The zero-order valence-corrected chi connectivity index (χ0v) is 9.67. The van der Waals surface area contributed by atoms with E-state index >= 15 is 0 Å². The molecule has 0 atom stereocenters. The van der Waals surface area contributed by atoms with Crippen molar-refractivity contribution in [1.82, 2.24) is 15.4 Å². The molecule has 0 saturated carbocycles. The van der Waals surface area contributed by atoms with Crippen LogP contribution in [0.3, 0.4) is 0 Å². The fourth-order valence-corrected chi connectivity index (χ4v) is 2.54. The van der Waals surface area contributed by atoms with Crippen LogP contribution in [0, 0.1) is 0 Å². The minimum atomic E-state index is -0.251. The summed E-state index contributed by atoms with van der Waals surface area (Å²) in [5, 5.41) is 9.80. The van der Waals surface area contributed by atoms with E-state index in [1.807, 2.05) is 12.3 Å². The molecule has 1 heterocycles. The number of carbonyl (C=O) groups excluding carboxylic acids is 2. The fourth-order valence-electron chi connectivity index (χ4n) is 1.92. The Morgan fingerprint density at radius 2 is 1.82 bits per heavy atom. The maximum Gasteiger partial charge on any atom is 0.217 e. The van der Waals surface area contributed by atoms with E-state index in [2.05, 4.69) is 15.4 Å². The molecule has 0 unspecified atom stereocenters. The van der Waals surface area contributed by atoms with Crippen molar-refractivity contribution in [2.75, 3.05) is 6.26 Å². The molecular weight excluding hydrogens is 238 g/mol. The van der Waals surface area contributed by atoms with E-state index in [1.54, 1.807) is 12.1 Å². The number of nitrogens with zero attached hydrogens (tertiary/aromatic N) is 2. The molecule has 1 aromatic carbocycles. The second kappa shape index (κ2) is 3.53. The summed E-state index contributed by atoms with van der Waals surface area (Å²) < 4.78 is 0. The first-order chi connectivity index (χ1) is 8.24. The van der Waals surface area contributed by atoms with Crippen LogP contribution < -0.4 is 0 Å². The number of benzene rings is 1. The quantitative estimate of drug-likeness (QED) is 0.654. The first-order valence-electron chi connectivity index (χ1n) is 4.91. The predicted molar refractivity (Wildman–Crippen MR) is 61.5 cm³/mol. The monoisotopic (exact) mass is 245 g/mol. The number of rotatable bonds is 1. The highest BCUT2D eigenvalue weighted by atomic mass is 32.2. The number of aromatic nitrogens is 3. The number of aromatic amines is 1. The van der Waals surface area contributed by atoms with Crippen LogP contribution in [0.4, 0.5) is 0 Å². The smallest absolute Gasteiger partial charge is 0.217 e. The lowest BCUT2D eigenvalue weighted by atomic mass is 9.90. The summed E-state index contributed by atoms with van der Waals surface area (Å²) in [6.45, 7) is 0. The molecule has 0 fully saturated rings. The van der Waals surface area contributed by atoms with Crippen molar-refractivity contribution in [3.8, 4) is 0 Å². The molecule has 0 saturated heterocycles. The predicted octanol–water partition coefficient (Wildman–Crippen LogP) is 1.30. The van der Waals surface area contributed by atoms with Crippen LogP contribution in [0.15, 0.2) is 23.1 Å². The number of thioether (sulfide) groups is 1. The summed E-state index contributed by atoms with van der Waals surface area (Å²) in [4.78, 5) is 25.1. The lowest BCUT2D eigenvalue weighted by Crippen LogP contribution is -2.21. The maximum atomic E-state index is 12.2. The van der Waals surface area contributed by atoms with Gasteiger partial charge in [-0.2, -0.15) is 15.4 Å². The van der Waals surface area contributed by atoms with E-state index in [4.69, 9.17) is 0 Å². The van der Waals surface area contributed by atoms with Crippen molar-refractivity contribution < 1.29 is 9.59 Å². The van der Waals surface area contributed by atoms with E-state index < -0.39 is 0 Å². The van der Waals surface area contributed by atoms with Gasteiger partial charge in [0, 0.05) is 16.0 Å². The molecule has 5 nitrogen and oxygen atoms in total. The Kier molecular flexibility index (Phi) is 2.12. The van der Waals surface area contributed by atoms with Crippen LogP contribution in [-0.4, -0.2) is 33.2 Å². The van der Waals surface area contributed by atoms with Gasteiger partial charge in [-0.1, -0.05) is 12.1 Å². The van der Waals surface area contributed by atoms with Crippen LogP contribution in [0.5, 0.6) is 0 Å². The minimum Gasteiger partial charge on any atom is -0.287 e. The zero-order valence-electron chi connectivity index (χ0n) is 8.85. The van der Waals surface area contributed by atoms with Crippen LogP contribution in [0.1, 0.15) is 32.1 Å². The summed E-state index contributed by atoms with van der Waals surface area (Å²) in [6, 6.07) is 5.23. The Morgan fingerprint density at radius 1 is 1.12 bits per heavy atom. The average molecular weight is 245 g/mol. The van der Waals surface area contributed by atoms with E-state index in [0.717, 1.165) is 4.90 Å². The van der Waals surface area contributed by atoms with Crippen molar-refractivity contribution in [1.29, 1.82) is 0 Å². The highest BCUT2D eigenvalue weighted by Crippen LogP contribution is 2.31. The van der Waals surface area contributed by atoms with Crippen LogP contribution in [0.25, 0.3) is 0 Å². The number of nitrogens with one attached hydrogen (secondary N) is 1. The molecule has 2 aromatic rings. The number of hydrogen-bond acceptors (Lipinski definition) is 5. The van der Waals surface area contributed by atoms with Crippen LogP contribution >= 0.6 is 11.8 Å². The lowest BCUT2D eigenvalue weighted by Gasteiger charge is -2.14. The molecule has 3 rings (SSSR count). The highest BCUT2D eigenvalue weighted by molar-refractivity contribution is 7.98. The van der Waals surface area contributed by atoms with Crippen molar-refractivity contribution in [2.45, 2.75) is 4.90 Å². The largest absolute Gasteiger partial charge is 0.287 e. The second-order valence-electron chi connectivity index (χ2n) is 3.56. The molecule has 0 bridgehead atoms. The zero-order chi connectivity index (χ0) is 12.0. The fraction of sp³-hybridized carbons (Fsp3) is 0.0909. The standard InChI is InChI=1S/C11H7N3O2S/c1-17-6-4-2-3-5-7(6)11(16)9-8(10(5)15)12-14-13-9/h2-4H,1H3,(H,12,13,14). The number of H-pyrrole nitrogens is 1. The SMILES string of the molecule is CSc1cccc2c1C(=O)c1n[nH]nc1C2=O. The summed E-state index contributed by atoms with van der Waals surface area (Å²) in [5.74, 6) is -0.493. The van der Waals surface area contributed by atoms with Gasteiger partial charge in [-0.15, -0.1) is 11.8 Å². The summed E-state index contributed by atoms with van der Waals surface area (Å²) in [5.41, 5.74) is 1.07. The Hall–Kier alpha value is -1.95. The van der Waals surface area contributed by atoms with Gasteiger partial charge in [0.05, 0.1) is 0 Å². The maximum absolute atomic E-state index is 12.2. The van der Waals surface area contributed by atoms with Crippen molar-refractivity contribution in [2.24, 2.45) is 0 Å². The molecule has 6 heteroatoms. The van der Waals surface area contributed by atoms with Gasteiger partial charge in [0.25, 0.3) is 0 Å². The second-order valence-corrected chi connectivity index (χ2v) is 4.41. The van der Waals surface area contributed by atoms with Gasteiger partial charge in [0.2, 0.25) is 11.6 Å². The number of ketones is 2. The van der Waals surface area contributed by atoms with E-state index in [0.29, 0.717) is 11.1 Å². The van der Waals surface area contributed by atoms with Crippen LogP contribution in [-0.2, 0) is 0 Å². The molecule has 84 valence electrons. The first kappa shape index (κ1) is 10.2. The topological polar surface area (TPSA) is 75.7 Å². The third-order valence-electron chi connectivity index (χ3n) is 2.70. The Morgan fingerprint density at radius 3 is 2.53 bits per heavy atom. The molecule has 1 aliphatic rings. The summed E-state index contributed by atoms with van der Waals surface area (Å²) >= 11 is 1.44. The van der Waals surface area contributed by atoms with Gasteiger partial charge in [-0.3, -0.25) is 9.59 Å². The van der Waals surface area contributed by atoms with Gasteiger partial charge < -0.3 is 0 Å². The van der Waals surface area contributed by atoms with Crippen molar-refractivity contribution in [3.05, 3.63) is 40.7 Å². The van der Waals surface area contributed by atoms with Gasteiger partial charge in [-0.05, 0) is 12.3 Å². The molecule has 0 aliphatic heterocycles. The Labute approximate surface area is 101 Å². The molecule has 0 radical (unpaired) electrons. The molecule has 1 aliphatic carbocycles. The minimum absolute atomic E-state index is 0.112. The molecular formula is C11H7N3O2S. The molecule has 0 amide bonds. The third kappa shape index (κ3) is 1.27. The van der Waals surface area contributed by atoms with E-state index in [1.165, 1.54) is 11.8 Å². The summed E-state index contributed by atoms with van der Waals surface area (Å²) in [6.07, 6.45) is 1.87. The highest BCUT2D eigenvalue weighted by Gasteiger charge is 2.34. The molecule has 17 heavy (non-hydrogen) atoms. The Bertz CT molecular complexity index is 648. The van der Waals surface area contributed by atoms with Gasteiger partial charge >= 0.3 is 0 Å². The number of carbonyl (C=O) groups is 2. The summed E-state index contributed by atoms with van der Waals surface area (Å²) in [7, 11) is 0. The molecule has 1 N–H and O–H groups in total. The lowest BCUT2D eigenvalue weighted by molar-refractivity contribution is 0.0972. The van der Waals surface area contributed by atoms with Crippen molar-refractivity contribution >= 4 is 23.3 Å². The molecule has 0 spiro atoms. The van der Waals surface area contributed by atoms with E-state index in [-0.39, 0.29) is 23.0 Å². The van der Waals surface area contributed by atoms with Crippen molar-refractivity contribution in [3.63, 3.8) is 0 Å². The van der Waals surface area contributed by atoms with Gasteiger partial charge in [0.15, 0.2) is 11.4 Å². The van der Waals surface area contributed by atoms with Gasteiger partial charge in [-0.25, -0.2) is 0 Å². The van der Waals surface area contributed by atoms with E-state index in [9.17, 15) is 9.59 Å². The molecule has 1 aromatic heterocycles.